The van der Waals surface area contributed by atoms with E-state index in [0.29, 0.717) is 19.6 Å². The highest BCUT2D eigenvalue weighted by atomic mass is 16.5. The second-order valence-electron chi connectivity index (χ2n) is 6.26. The van der Waals surface area contributed by atoms with Crippen LogP contribution >= 0.6 is 0 Å². The van der Waals surface area contributed by atoms with Crippen molar-refractivity contribution in [3.63, 3.8) is 0 Å². The van der Waals surface area contributed by atoms with Crippen molar-refractivity contribution in [2.45, 2.75) is 45.2 Å². The molecule has 0 spiro atoms. The molecular weight excluding hydrogens is 258 g/mol. The molecule has 6 nitrogen and oxygen atoms in total. The maximum absolute atomic E-state index is 12.0. The molecule has 0 aromatic carbocycles. The summed E-state index contributed by atoms with van der Waals surface area (Å²) in [6, 6.07) is 0.150. The molecule has 0 bridgehead atoms. The number of carbonyl (C=O) groups is 2. The number of piperidine rings is 1. The second-order valence-corrected chi connectivity index (χ2v) is 6.26. The van der Waals surface area contributed by atoms with Crippen LogP contribution in [0.15, 0.2) is 0 Å². The summed E-state index contributed by atoms with van der Waals surface area (Å²) >= 11 is 0. The van der Waals surface area contributed by atoms with E-state index in [4.69, 9.17) is 4.74 Å². The number of rotatable bonds is 5. The molecule has 1 aliphatic heterocycles. The molecule has 116 valence electrons. The van der Waals surface area contributed by atoms with Gasteiger partial charge in [-0.3, -0.25) is 9.59 Å². The Kier molecular flexibility index (Phi) is 6.42. The van der Waals surface area contributed by atoms with Gasteiger partial charge in [0.1, 0.15) is 6.61 Å². The zero-order valence-corrected chi connectivity index (χ0v) is 13.0. The van der Waals surface area contributed by atoms with Gasteiger partial charge < -0.3 is 20.3 Å². The molecule has 0 aromatic heterocycles. The number of nitrogens with one attached hydrogen (secondary N) is 2. The number of methoxy groups -OCH3 is 1. The van der Waals surface area contributed by atoms with Crippen LogP contribution < -0.4 is 10.6 Å². The molecule has 1 rings (SSSR count). The van der Waals surface area contributed by atoms with Crippen LogP contribution in [-0.2, 0) is 14.3 Å². The van der Waals surface area contributed by atoms with E-state index in [1.54, 1.807) is 0 Å². The molecule has 0 radical (unpaired) electrons. The number of amides is 2. The third-order valence-corrected chi connectivity index (χ3v) is 3.26. The Morgan fingerprint density at radius 3 is 2.35 bits per heavy atom. The van der Waals surface area contributed by atoms with Crippen LogP contribution in [0.3, 0.4) is 0 Å². The van der Waals surface area contributed by atoms with Gasteiger partial charge in [-0.15, -0.1) is 0 Å². The molecule has 1 heterocycles. The SMILES string of the molecule is COCC(=O)NC1CCN(C(=O)CNC(C)(C)C)CC1. The Bertz CT molecular complexity index is 331. The van der Waals surface area contributed by atoms with E-state index in [1.807, 2.05) is 25.7 Å². The van der Waals surface area contributed by atoms with Crippen LogP contribution in [0.1, 0.15) is 33.6 Å². The quantitative estimate of drug-likeness (QED) is 0.753. The van der Waals surface area contributed by atoms with Gasteiger partial charge in [-0.1, -0.05) is 0 Å². The van der Waals surface area contributed by atoms with Gasteiger partial charge in [0.2, 0.25) is 11.8 Å². The Balaban J connectivity index is 2.27. The molecule has 1 aliphatic rings. The molecule has 2 amide bonds. The van der Waals surface area contributed by atoms with E-state index in [9.17, 15) is 9.59 Å². The van der Waals surface area contributed by atoms with Gasteiger partial charge >= 0.3 is 0 Å². The van der Waals surface area contributed by atoms with Crippen molar-refractivity contribution >= 4 is 11.8 Å². The number of likely N-dealkylation sites (tertiary alicyclic amines) is 1. The molecule has 0 unspecified atom stereocenters. The van der Waals surface area contributed by atoms with Gasteiger partial charge in [-0.2, -0.15) is 0 Å². The third kappa shape index (κ3) is 6.34. The zero-order chi connectivity index (χ0) is 15.2. The first-order valence-corrected chi connectivity index (χ1v) is 7.13. The minimum absolute atomic E-state index is 0.0535. The minimum Gasteiger partial charge on any atom is -0.375 e. The standard InChI is InChI=1S/C14H27N3O3/c1-14(2,3)15-9-13(19)17-7-5-11(6-8-17)16-12(18)10-20-4/h11,15H,5-10H2,1-4H3,(H,16,18). The summed E-state index contributed by atoms with van der Waals surface area (Å²) in [6.07, 6.45) is 1.60. The summed E-state index contributed by atoms with van der Waals surface area (Å²) < 4.78 is 4.78. The molecule has 0 saturated carbocycles. The van der Waals surface area contributed by atoms with Crippen molar-refractivity contribution in [2.24, 2.45) is 0 Å². The average molecular weight is 285 g/mol. The van der Waals surface area contributed by atoms with Gasteiger partial charge in [0, 0.05) is 31.8 Å². The van der Waals surface area contributed by atoms with Crippen molar-refractivity contribution in [3.8, 4) is 0 Å². The first-order valence-electron chi connectivity index (χ1n) is 7.13. The summed E-state index contributed by atoms with van der Waals surface area (Å²) in [5, 5.41) is 6.12. The van der Waals surface area contributed by atoms with E-state index in [0.717, 1.165) is 12.8 Å². The number of carbonyl (C=O) groups excluding carboxylic acids is 2. The first-order chi connectivity index (χ1) is 9.31. The van der Waals surface area contributed by atoms with Crippen molar-refractivity contribution in [1.82, 2.24) is 15.5 Å². The molecule has 0 aromatic rings. The highest BCUT2D eigenvalue weighted by Crippen LogP contribution is 2.10. The lowest BCUT2D eigenvalue weighted by molar-refractivity contribution is -0.131. The Labute approximate surface area is 121 Å². The molecule has 20 heavy (non-hydrogen) atoms. The molecule has 6 heteroatoms. The summed E-state index contributed by atoms with van der Waals surface area (Å²) in [6.45, 7) is 7.97. The molecule has 0 aliphatic carbocycles. The number of ether oxygens (including phenoxy) is 1. The molecular formula is C14H27N3O3. The van der Waals surface area contributed by atoms with Crippen molar-refractivity contribution in [1.29, 1.82) is 0 Å². The average Bonchev–Trinajstić information content (AvgIpc) is 2.36. The van der Waals surface area contributed by atoms with E-state index < -0.39 is 0 Å². The maximum atomic E-state index is 12.0. The zero-order valence-electron chi connectivity index (χ0n) is 13.0. The van der Waals surface area contributed by atoms with Crippen molar-refractivity contribution < 1.29 is 14.3 Å². The van der Waals surface area contributed by atoms with Gasteiger partial charge in [-0.25, -0.2) is 0 Å². The predicted molar refractivity (Wildman–Crippen MR) is 77.4 cm³/mol. The fourth-order valence-electron chi connectivity index (χ4n) is 2.13. The normalized spacial score (nSPS) is 17.1. The van der Waals surface area contributed by atoms with Crippen LogP contribution in [-0.4, -0.2) is 61.6 Å². The summed E-state index contributed by atoms with van der Waals surface area (Å²) in [5.74, 6) is 0.0354. The van der Waals surface area contributed by atoms with E-state index in [-0.39, 0.29) is 30.0 Å². The first kappa shape index (κ1) is 16.9. The largest absolute Gasteiger partial charge is 0.375 e. The lowest BCUT2D eigenvalue weighted by Gasteiger charge is -2.33. The lowest BCUT2D eigenvalue weighted by atomic mass is 10.0. The summed E-state index contributed by atoms with van der Waals surface area (Å²) in [4.78, 5) is 25.3. The van der Waals surface area contributed by atoms with Gasteiger partial charge in [0.25, 0.3) is 0 Å². The van der Waals surface area contributed by atoms with Crippen LogP contribution in [0.4, 0.5) is 0 Å². The van der Waals surface area contributed by atoms with Crippen molar-refractivity contribution in [2.75, 3.05) is 33.4 Å². The Hall–Kier alpha value is -1.14. The lowest BCUT2D eigenvalue weighted by Crippen LogP contribution is -2.50. The van der Waals surface area contributed by atoms with Crippen LogP contribution in [0.2, 0.25) is 0 Å². The Morgan fingerprint density at radius 2 is 1.85 bits per heavy atom. The fourth-order valence-corrected chi connectivity index (χ4v) is 2.13. The minimum atomic E-state index is -0.0910. The van der Waals surface area contributed by atoms with Crippen LogP contribution in [0.25, 0.3) is 0 Å². The highest BCUT2D eigenvalue weighted by molar-refractivity contribution is 5.79. The van der Waals surface area contributed by atoms with E-state index in [2.05, 4.69) is 10.6 Å². The van der Waals surface area contributed by atoms with Gasteiger partial charge in [-0.05, 0) is 33.6 Å². The van der Waals surface area contributed by atoms with Crippen LogP contribution in [0.5, 0.6) is 0 Å². The topological polar surface area (TPSA) is 70.7 Å². The smallest absolute Gasteiger partial charge is 0.246 e. The molecule has 1 fully saturated rings. The molecule has 2 N–H and O–H groups in total. The van der Waals surface area contributed by atoms with Gasteiger partial charge in [0.15, 0.2) is 0 Å². The predicted octanol–water partition coefficient (Wildman–Crippen LogP) is 0.128. The third-order valence-electron chi connectivity index (χ3n) is 3.26. The summed E-state index contributed by atoms with van der Waals surface area (Å²) in [7, 11) is 1.50. The Morgan fingerprint density at radius 1 is 1.25 bits per heavy atom. The monoisotopic (exact) mass is 285 g/mol. The van der Waals surface area contributed by atoms with Crippen LogP contribution in [0, 0.1) is 0 Å². The second kappa shape index (κ2) is 7.59. The number of hydrogen-bond acceptors (Lipinski definition) is 4. The maximum Gasteiger partial charge on any atom is 0.246 e. The molecule has 0 atom stereocenters. The van der Waals surface area contributed by atoms with Gasteiger partial charge in [0.05, 0.1) is 6.54 Å². The van der Waals surface area contributed by atoms with Crippen molar-refractivity contribution in [3.05, 3.63) is 0 Å². The molecule has 1 saturated heterocycles. The highest BCUT2D eigenvalue weighted by Gasteiger charge is 2.24. The van der Waals surface area contributed by atoms with E-state index in [1.165, 1.54) is 7.11 Å². The fraction of sp³-hybridized carbons (Fsp3) is 0.857. The summed E-state index contributed by atoms with van der Waals surface area (Å²) in [5.41, 5.74) is -0.0535. The number of hydrogen-bond donors (Lipinski definition) is 2. The number of nitrogens with zero attached hydrogens (tertiary/aromatic N) is 1. The van der Waals surface area contributed by atoms with E-state index >= 15 is 0 Å².